The summed E-state index contributed by atoms with van der Waals surface area (Å²) >= 11 is 3.48. The maximum atomic E-state index is 11.8. The van der Waals surface area contributed by atoms with Crippen molar-refractivity contribution >= 4 is 27.7 Å². The average molecular weight is 312 g/mol. The van der Waals surface area contributed by atoms with Crippen LogP contribution >= 0.6 is 15.9 Å². The highest BCUT2D eigenvalue weighted by molar-refractivity contribution is 9.10. The van der Waals surface area contributed by atoms with E-state index in [2.05, 4.69) is 31.1 Å². The third-order valence-corrected chi connectivity index (χ3v) is 3.56. The van der Waals surface area contributed by atoms with E-state index in [1.807, 2.05) is 32.9 Å². The van der Waals surface area contributed by atoms with E-state index in [9.17, 15) is 4.79 Å². The Morgan fingerprint density at radius 2 is 2.17 bits per heavy atom. The van der Waals surface area contributed by atoms with E-state index in [4.69, 9.17) is 0 Å². The van der Waals surface area contributed by atoms with Gasteiger partial charge in [-0.1, -0.05) is 20.8 Å². The van der Waals surface area contributed by atoms with Gasteiger partial charge in [0.15, 0.2) is 0 Å². The number of rotatable bonds is 2. The second-order valence-corrected chi connectivity index (χ2v) is 6.49. The normalized spacial score (nSPS) is 16.3. The Balaban J connectivity index is 1.88. The Bertz CT molecular complexity index is 450. The minimum absolute atomic E-state index is 0.104. The van der Waals surface area contributed by atoms with Gasteiger partial charge in [-0.25, -0.2) is 4.98 Å². The number of amides is 1. The van der Waals surface area contributed by atoms with Gasteiger partial charge in [-0.2, -0.15) is 0 Å². The van der Waals surface area contributed by atoms with Crippen molar-refractivity contribution in [2.24, 2.45) is 5.41 Å². The van der Waals surface area contributed by atoms with Crippen LogP contribution in [0.2, 0.25) is 0 Å². The molecule has 0 aromatic carbocycles. The zero-order valence-corrected chi connectivity index (χ0v) is 12.5. The lowest BCUT2D eigenvalue weighted by atomic mass is 9.94. The standard InChI is InChI=1S/C13H18BrN3O/c1-13(2,3)12(18)16-9-7-17(8-9)11-10(14)5-4-6-15-11/h4-6,9H,7-8H2,1-3H3,(H,16,18). The molecule has 2 heterocycles. The molecule has 18 heavy (non-hydrogen) atoms. The van der Waals surface area contributed by atoms with Crippen LogP contribution in [0.4, 0.5) is 5.82 Å². The van der Waals surface area contributed by atoms with Gasteiger partial charge in [-0.3, -0.25) is 4.79 Å². The van der Waals surface area contributed by atoms with E-state index in [0.717, 1.165) is 23.4 Å². The van der Waals surface area contributed by atoms with Gasteiger partial charge >= 0.3 is 0 Å². The van der Waals surface area contributed by atoms with E-state index >= 15 is 0 Å². The van der Waals surface area contributed by atoms with Gasteiger partial charge in [-0.05, 0) is 28.1 Å². The molecule has 1 aromatic rings. The molecule has 1 fully saturated rings. The van der Waals surface area contributed by atoms with Crippen LogP contribution in [-0.2, 0) is 4.79 Å². The number of carbonyl (C=O) groups is 1. The molecule has 1 saturated heterocycles. The summed E-state index contributed by atoms with van der Waals surface area (Å²) in [5.74, 6) is 1.05. The van der Waals surface area contributed by atoms with Crippen LogP contribution < -0.4 is 10.2 Å². The van der Waals surface area contributed by atoms with Crippen molar-refractivity contribution in [3.63, 3.8) is 0 Å². The van der Waals surface area contributed by atoms with E-state index in [1.54, 1.807) is 6.20 Å². The zero-order chi connectivity index (χ0) is 13.3. The Hall–Kier alpha value is -1.10. The summed E-state index contributed by atoms with van der Waals surface area (Å²) in [6.45, 7) is 7.41. The van der Waals surface area contributed by atoms with Gasteiger partial charge in [0.05, 0.1) is 10.5 Å². The number of hydrogen-bond acceptors (Lipinski definition) is 3. The molecule has 0 aliphatic carbocycles. The van der Waals surface area contributed by atoms with Gasteiger partial charge in [0.2, 0.25) is 5.91 Å². The number of aromatic nitrogens is 1. The number of halogens is 1. The van der Waals surface area contributed by atoms with Crippen LogP contribution in [0.1, 0.15) is 20.8 Å². The highest BCUT2D eigenvalue weighted by Gasteiger charge is 2.32. The van der Waals surface area contributed by atoms with Crippen LogP contribution in [-0.4, -0.2) is 30.0 Å². The van der Waals surface area contributed by atoms with E-state index < -0.39 is 0 Å². The lowest BCUT2D eigenvalue weighted by molar-refractivity contribution is -0.129. The molecule has 1 amide bonds. The molecule has 0 spiro atoms. The van der Waals surface area contributed by atoms with Gasteiger partial charge in [0.1, 0.15) is 5.82 Å². The van der Waals surface area contributed by atoms with Crippen LogP contribution in [0.25, 0.3) is 0 Å². The highest BCUT2D eigenvalue weighted by atomic mass is 79.9. The van der Waals surface area contributed by atoms with Crippen LogP contribution in [0, 0.1) is 5.41 Å². The first kappa shape index (κ1) is 13.3. The molecule has 5 heteroatoms. The molecule has 0 atom stereocenters. The summed E-state index contributed by atoms with van der Waals surface area (Å²) in [5, 5.41) is 3.05. The Morgan fingerprint density at radius 1 is 1.50 bits per heavy atom. The topological polar surface area (TPSA) is 45.2 Å². The number of hydrogen-bond donors (Lipinski definition) is 1. The summed E-state index contributed by atoms with van der Waals surface area (Å²) in [6.07, 6.45) is 1.78. The second-order valence-electron chi connectivity index (χ2n) is 5.63. The largest absolute Gasteiger partial charge is 0.351 e. The molecule has 2 rings (SSSR count). The molecule has 0 saturated carbocycles. The number of pyridine rings is 1. The quantitative estimate of drug-likeness (QED) is 0.910. The minimum atomic E-state index is -0.327. The summed E-state index contributed by atoms with van der Waals surface area (Å²) in [4.78, 5) is 18.3. The van der Waals surface area contributed by atoms with Gasteiger partial charge in [0.25, 0.3) is 0 Å². The number of anilines is 1. The lowest BCUT2D eigenvalue weighted by Gasteiger charge is -2.41. The Morgan fingerprint density at radius 3 is 2.72 bits per heavy atom. The smallest absolute Gasteiger partial charge is 0.225 e. The van der Waals surface area contributed by atoms with Crippen molar-refractivity contribution in [3.05, 3.63) is 22.8 Å². The van der Waals surface area contributed by atoms with E-state index in [0.29, 0.717) is 0 Å². The molecule has 0 unspecified atom stereocenters. The van der Waals surface area contributed by atoms with Gasteiger partial charge in [0, 0.05) is 24.7 Å². The summed E-state index contributed by atoms with van der Waals surface area (Å²) in [6, 6.07) is 4.10. The van der Waals surface area contributed by atoms with E-state index in [1.165, 1.54) is 0 Å². The zero-order valence-electron chi connectivity index (χ0n) is 10.9. The number of carbonyl (C=O) groups excluding carboxylic acids is 1. The predicted octanol–water partition coefficient (Wildman–Crippen LogP) is 2.20. The Labute approximate surface area is 116 Å². The first-order valence-corrected chi connectivity index (χ1v) is 6.83. The van der Waals surface area contributed by atoms with Crippen LogP contribution in [0.5, 0.6) is 0 Å². The monoisotopic (exact) mass is 311 g/mol. The molecular weight excluding hydrogens is 294 g/mol. The second kappa shape index (κ2) is 4.88. The average Bonchev–Trinajstić information content (AvgIpc) is 2.22. The van der Waals surface area contributed by atoms with Gasteiger partial charge in [-0.15, -0.1) is 0 Å². The first-order chi connectivity index (χ1) is 8.38. The van der Waals surface area contributed by atoms with Crippen molar-refractivity contribution < 1.29 is 4.79 Å². The fourth-order valence-electron chi connectivity index (χ4n) is 1.75. The maximum absolute atomic E-state index is 11.8. The molecule has 1 aromatic heterocycles. The molecule has 1 aliphatic heterocycles. The van der Waals surface area contributed by atoms with Gasteiger partial charge < -0.3 is 10.2 Å². The molecule has 0 radical (unpaired) electrons. The third kappa shape index (κ3) is 2.83. The summed E-state index contributed by atoms with van der Waals surface area (Å²) in [5.41, 5.74) is -0.327. The summed E-state index contributed by atoms with van der Waals surface area (Å²) in [7, 11) is 0. The summed E-state index contributed by atoms with van der Waals surface area (Å²) < 4.78 is 0.991. The van der Waals surface area contributed by atoms with Crippen LogP contribution in [0.15, 0.2) is 22.8 Å². The van der Waals surface area contributed by atoms with Crippen LogP contribution in [0.3, 0.4) is 0 Å². The molecule has 0 bridgehead atoms. The SMILES string of the molecule is CC(C)(C)C(=O)NC1CN(c2ncccc2Br)C1. The Kier molecular flexibility index (Phi) is 3.61. The minimum Gasteiger partial charge on any atom is -0.351 e. The van der Waals surface area contributed by atoms with Crippen molar-refractivity contribution in [2.45, 2.75) is 26.8 Å². The maximum Gasteiger partial charge on any atom is 0.225 e. The first-order valence-electron chi connectivity index (χ1n) is 6.04. The molecule has 4 nitrogen and oxygen atoms in total. The van der Waals surface area contributed by atoms with Crippen molar-refractivity contribution in [1.29, 1.82) is 0 Å². The molecule has 1 aliphatic rings. The van der Waals surface area contributed by atoms with Crippen molar-refractivity contribution in [1.82, 2.24) is 10.3 Å². The number of nitrogens with zero attached hydrogens (tertiary/aromatic N) is 2. The molecule has 98 valence electrons. The van der Waals surface area contributed by atoms with Crippen molar-refractivity contribution in [3.8, 4) is 0 Å². The third-order valence-electron chi connectivity index (χ3n) is 2.94. The highest BCUT2D eigenvalue weighted by Crippen LogP contribution is 2.27. The molecular formula is C13H18BrN3O. The van der Waals surface area contributed by atoms with Crippen molar-refractivity contribution in [2.75, 3.05) is 18.0 Å². The predicted molar refractivity (Wildman–Crippen MR) is 75.5 cm³/mol. The van der Waals surface area contributed by atoms with E-state index in [-0.39, 0.29) is 17.4 Å². The number of nitrogens with one attached hydrogen (secondary N) is 1. The lowest BCUT2D eigenvalue weighted by Crippen LogP contribution is -2.61. The fourth-order valence-corrected chi connectivity index (χ4v) is 2.26. The fraction of sp³-hybridized carbons (Fsp3) is 0.538. The molecule has 1 N–H and O–H groups in total.